The van der Waals surface area contributed by atoms with Crippen LogP contribution < -0.4 is 21.7 Å². The van der Waals surface area contributed by atoms with Gasteiger partial charge in [-0.3, -0.25) is 14.7 Å². The van der Waals surface area contributed by atoms with Crippen LogP contribution in [0.4, 0.5) is 17.2 Å². The van der Waals surface area contributed by atoms with Gasteiger partial charge in [-0.25, -0.2) is 0 Å². The predicted octanol–water partition coefficient (Wildman–Crippen LogP) is 5.23. The standard InChI is InChI=1S/C25H24Cl2N6O2/c1-29-16-5-2-14(3-6-16)24(34)31-23-19-13-17(7-9-22(19)32-33-23)30-25(35)18(10-11-28)15-4-8-20(26)21(27)12-15/h2-9,12-13,18,29H,10-11,28H2,1H3,(H,30,35)(H2,31,32,33,34). The van der Waals surface area contributed by atoms with Gasteiger partial charge in [0.25, 0.3) is 5.91 Å². The van der Waals surface area contributed by atoms with Gasteiger partial charge in [0.1, 0.15) is 0 Å². The molecule has 180 valence electrons. The Bertz CT molecular complexity index is 1370. The summed E-state index contributed by atoms with van der Waals surface area (Å²) in [4.78, 5) is 25.8. The van der Waals surface area contributed by atoms with Crippen LogP contribution in [0, 0.1) is 0 Å². The number of carbonyl (C=O) groups excluding carboxylic acids is 2. The summed E-state index contributed by atoms with van der Waals surface area (Å²) in [6.45, 7) is 0.324. The average Bonchev–Trinajstić information content (AvgIpc) is 3.26. The van der Waals surface area contributed by atoms with Crippen molar-refractivity contribution in [2.24, 2.45) is 5.73 Å². The lowest BCUT2D eigenvalue weighted by Crippen LogP contribution is -2.23. The summed E-state index contributed by atoms with van der Waals surface area (Å²) in [6.07, 6.45) is 0.436. The first-order chi connectivity index (χ1) is 16.9. The third kappa shape index (κ3) is 5.57. The Balaban J connectivity index is 1.54. The second-order valence-corrected chi connectivity index (χ2v) is 8.72. The number of aromatic nitrogens is 2. The SMILES string of the molecule is CNc1ccc(C(=O)Nc2n[nH]c3ccc(NC(=O)C(CCN)c4ccc(Cl)c(Cl)c4)cc23)cc1. The van der Waals surface area contributed by atoms with Crippen LogP contribution in [0.25, 0.3) is 10.9 Å². The van der Waals surface area contributed by atoms with Crippen LogP contribution in [0.5, 0.6) is 0 Å². The molecule has 2 amide bonds. The molecule has 0 spiro atoms. The van der Waals surface area contributed by atoms with E-state index in [-0.39, 0.29) is 11.8 Å². The lowest BCUT2D eigenvalue weighted by atomic mass is 9.94. The molecule has 4 aromatic rings. The van der Waals surface area contributed by atoms with Gasteiger partial charge >= 0.3 is 0 Å². The number of halogens is 2. The zero-order valence-electron chi connectivity index (χ0n) is 18.9. The summed E-state index contributed by atoms with van der Waals surface area (Å²) >= 11 is 12.2. The molecule has 1 unspecified atom stereocenters. The van der Waals surface area contributed by atoms with E-state index in [1.807, 2.05) is 19.2 Å². The molecule has 35 heavy (non-hydrogen) atoms. The Morgan fingerprint density at radius 3 is 2.40 bits per heavy atom. The maximum atomic E-state index is 13.1. The maximum absolute atomic E-state index is 13.1. The van der Waals surface area contributed by atoms with Crippen molar-refractivity contribution in [1.29, 1.82) is 0 Å². The second-order valence-electron chi connectivity index (χ2n) is 7.91. The van der Waals surface area contributed by atoms with Crippen molar-refractivity contribution in [2.45, 2.75) is 12.3 Å². The maximum Gasteiger partial charge on any atom is 0.256 e. The highest BCUT2D eigenvalue weighted by atomic mass is 35.5. The number of benzene rings is 3. The van der Waals surface area contributed by atoms with Gasteiger partial charge in [-0.05, 0) is 73.1 Å². The Morgan fingerprint density at radius 2 is 1.71 bits per heavy atom. The van der Waals surface area contributed by atoms with Gasteiger partial charge < -0.3 is 21.7 Å². The van der Waals surface area contributed by atoms with E-state index in [0.29, 0.717) is 51.0 Å². The fourth-order valence-corrected chi connectivity index (χ4v) is 4.04. The van der Waals surface area contributed by atoms with Gasteiger partial charge in [0.2, 0.25) is 5.91 Å². The van der Waals surface area contributed by atoms with E-state index >= 15 is 0 Å². The van der Waals surface area contributed by atoms with Crippen molar-refractivity contribution >= 4 is 63.1 Å². The molecule has 1 aromatic heterocycles. The van der Waals surface area contributed by atoms with Crippen LogP contribution in [0.15, 0.2) is 60.7 Å². The molecule has 3 aromatic carbocycles. The van der Waals surface area contributed by atoms with Crippen molar-refractivity contribution in [1.82, 2.24) is 10.2 Å². The minimum absolute atomic E-state index is 0.230. The number of nitrogens with zero attached hydrogens (tertiary/aromatic N) is 1. The molecule has 0 fully saturated rings. The quantitative estimate of drug-likeness (QED) is 0.221. The van der Waals surface area contributed by atoms with Gasteiger partial charge in [-0.2, -0.15) is 5.10 Å². The number of amides is 2. The molecular weight excluding hydrogens is 487 g/mol. The van der Waals surface area contributed by atoms with Crippen LogP contribution in [-0.2, 0) is 4.79 Å². The molecule has 6 N–H and O–H groups in total. The van der Waals surface area contributed by atoms with E-state index in [2.05, 4.69) is 26.1 Å². The van der Waals surface area contributed by atoms with Crippen molar-refractivity contribution < 1.29 is 9.59 Å². The molecule has 0 saturated carbocycles. The fraction of sp³-hybridized carbons (Fsp3) is 0.160. The largest absolute Gasteiger partial charge is 0.388 e. The molecule has 1 heterocycles. The van der Waals surface area contributed by atoms with Crippen LogP contribution in [0.3, 0.4) is 0 Å². The second kappa shape index (κ2) is 10.8. The number of H-pyrrole nitrogens is 1. The first-order valence-electron chi connectivity index (χ1n) is 10.9. The summed E-state index contributed by atoms with van der Waals surface area (Å²) < 4.78 is 0. The van der Waals surface area contributed by atoms with Crippen molar-refractivity contribution in [3.05, 3.63) is 81.8 Å². The number of anilines is 3. The summed E-state index contributed by atoms with van der Waals surface area (Å²) in [5, 5.41) is 17.3. The summed E-state index contributed by atoms with van der Waals surface area (Å²) in [6, 6.07) is 17.5. The Morgan fingerprint density at radius 1 is 0.971 bits per heavy atom. The highest BCUT2D eigenvalue weighted by Gasteiger charge is 2.21. The normalized spacial score (nSPS) is 11.8. The van der Waals surface area contributed by atoms with E-state index in [0.717, 1.165) is 11.3 Å². The highest BCUT2D eigenvalue weighted by molar-refractivity contribution is 6.42. The minimum Gasteiger partial charge on any atom is -0.388 e. The number of nitrogens with one attached hydrogen (secondary N) is 4. The number of carbonyl (C=O) groups is 2. The summed E-state index contributed by atoms with van der Waals surface area (Å²) in [5.41, 5.74) is 9.16. The molecule has 0 aliphatic rings. The molecule has 10 heteroatoms. The Kier molecular flexibility index (Phi) is 7.55. The first kappa shape index (κ1) is 24.5. The van der Waals surface area contributed by atoms with Gasteiger partial charge in [-0.15, -0.1) is 0 Å². The van der Waals surface area contributed by atoms with Crippen LogP contribution >= 0.6 is 23.2 Å². The molecule has 0 saturated heterocycles. The molecular formula is C25H24Cl2N6O2. The Hall–Kier alpha value is -3.59. The first-order valence-corrected chi connectivity index (χ1v) is 11.7. The molecule has 0 aliphatic carbocycles. The van der Waals surface area contributed by atoms with Crippen molar-refractivity contribution in [2.75, 3.05) is 29.5 Å². The molecule has 0 bridgehead atoms. The van der Waals surface area contributed by atoms with E-state index in [1.54, 1.807) is 48.5 Å². The molecule has 1 atom stereocenters. The number of nitrogens with two attached hydrogens (primary N) is 1. The summed E-state index contributed by atoms with van der Waals surface area (Å²) in [5.74, 6) is -0.665. The number of hydrogen-bond donors (Lipinski definition) is 5. The van der Waals surface area contributed by atoms with E-state index in [1.165, 1.54) is 0 Å². The summed E-state index contributed by atoms with van der Waals surface area (Å²) in [7, 11) is 1.81. The van der Waals surface area contributed by atoms with Crippen molar-refractivity contribution in [3.63, 3.8) is 0 Å². The molecule has 0 radical (unpaired) electrons. The zero-order valence-corrected chi connectivity index (χ0v) is 20.4. The van der Waals surface area contributed by atoms with E-state index in [9.17, 15) is 9.59 Å². The molecule has 4 rings (SSSR count). The van der Waals surface area contributed by atoms with Gasteiger partial charge in [0.15, 0.2) is 5.82 Å². The molecule has 0 aliphatic heterocycles. The third-order valence-electron chi connectivity index (χ3n) is 5.62. The Labute approximate surface area is 212 Å². The number of fused-ring (bicyclic) bond motifs is 1. The van der Waals surface area contributed by atoms with Crippen molar-refractivity contribution in [3.8, 4) is 0 Å². The number of rotatable bonds is 8. The van der Waals surface area contributed by atoms with Gasteiger partial charge in [-0.1, -0.05) is 29.3 Å². The van der Waals surface area contributed by atoms with Gasteiger partial charge in [0, 0.05) is 29.4 Å². The predicted molar refractivity (Wildman–Crippen MR) is 142 cm³/mol. The van der Waals surface area contributed by atoms with Crippen LogP contribution in [0.2, 0.25) is 10.0 Å². The number of aromatic amines is 1. The monoisotopic (exact) mass is 510 g/mol. The van der Waals surface area contributed by atoms with E-state index in [4.69, 9.17) is 28.9 Å². The highest BCUT2D eigenvalue weighted by Crippen LogP contribution is 2.30. The van der Waals surface area contributed by atoms with Crippen LogP contribution in [-0.4, -0.2) is 35.6 Å². The lowest BCUT2D eigenvalue weighted by Gasteiger charge is -2.17. The topological polar surface area (TPSA) is 125 Å². The zero-order chi connectivity index (χ0) is 24.9. The van der Waals surface area contributed by atoms with Crippen LogP contribution in [0.1, 0.15) is 28.3 Å². The number of hydrogen-bond acceptors (Lipinski definition) is 5. The average molecular weight is 511 g/mol. The third-order valence-corrected chi connectivity index (χ3v) is 6.35. The smallest absolute Gasteiger partial charge is 0.256 e. The fourth-order valence-electron chi connectivity index (χ4n) is 3.73. The van der Waals surface area contributed by atoms with Gasteiger partial charge in [0.05, 0.1) is 21.5 Å². The van der Waals surface area contributed by atoms with E-state index < -0.39 is 5.92 Å². The minimum atomic E-state index is -0.505. The lowest BCUT2D eigenvalue weighted by molar-refractivity contribution is -0.117. The molecule has 8 nitrogen and oxygen atoms in total.